The van der Waals surface area contributed by atoms with Crippen LogP contribution in [0.2, 0.25) is 0 Å². The SMILES string of the molecule is CCC(C(=O)O)n1c(=NC(=O)c2ccc(F)cc2)sc2c(F)c(F)ccc21. The van der Waals surface area contributed by atoms with Gasteiger partial charge in [-0.1, -0.05) is 18.3 Å². The summed E-state index contributed by atoms with van der Waals surface area (Å²) in [5.74, 6) is -4.70. The zero-order chi connectivity index (χ0) is 19.7. The number of carboxylic acids is 1. The third-order valence-electron chi connectivity index (χ3n) is 3.96. The molecular formula is C18H13F3N2O3S. The Morgan fingerprint density at radius 2 is 1.81 bits per heavy atom. The van der Waals surface area contributed by atoms with Crippen LogP contribution in [-0.4, -0.2) is 21.6 Å². The summed E-state index contributed by atoms with van der Waals surface area (Å²) in [5.41, 5.74) is 0.203. The average molecular weight is 394 g/mol. The molecule has 0 bridgehead atoms. The van der Waals surface area contributed by atoms with Gasteiger partial charge in [0, 0.05) is 5.56 Å². The molecule has 1 heterocycles. The van der Waals surface area contributed by atoms with Crippen LogP contribution in [-0.2, 0) is 4.79 Å². The number of rotatable bonds is 4. The molecule has 0 saturated heterocycles. The van der Waals surface area contributed by atoms with E-state index in [0.29, 0.717) is 11.3 Å². The van der Waals surface area contributed by atoms with Crippen molar-refractivity contribution < 1.29 is 27.9 Å². The molecule has 2 aromatic carbocycles. The molecule has 1 atom stereocenters. The van der Waals surface area contributed by atoms with Crippen LogP contribution in [0, 0.1) is 17.5 Å². The lowest BCUT2D eigenvalue weighted by molar-refractivity contribution is -0.140. The van der Waals surface area contributed by atoms with Gasteiger partial charge in [-0.25, -0.2) is 18.0 Å². The quantitative estimate of drug-likeness (QED) is 0.730. The minimum atomic E-state index is -1.20. The molecule has 1 unspecified atom stereocenters. The number of benzene rings is 2. The Morgan fingerprint density at radius 3 is 2.41 bits per heavy atom. The number of fused-ring (bicyclic) bond motifs is 1. The molecule has 140 valence electrons. The van der Waals surface area contributed by atoms with E-state index in [-0.39, 0.29) is 27.0 Å². The van der Waals surface area contributed by atoms with E-state index in [1.165, 1.54) is 22.8 Å². The van der Waals surface area contributed by atoms with E-state index in [2.05, 4.69) is 4.99 Å². The summed E-state index contributed by atoms with van der Waals surface area (Å²) < 4.78 is 41.8. The fourth-order valence-electron chi connectivity index (χ4n) is 2.64. The predicted octanol–water partition coefficient (Wildman–Crippen LogP) is 3.90. The molecule has 0 aliphatic heterocycles. The van der Waals surface area contributed by atoms with Gasteiger partial charge in [0.2, 0.25) is 0 Å². The molecule has 0 radical (unpaired) electrons. The molecule has 1 N–H and O–H groups in total. The molecule has 0 aliphatic carbocycles. The largest absolute Gasteiger partial charge is 0.480 e. The van der Waals surface area contributed by atoms with Crippen molar-refractivity contribution >= 4 is 33.4 Å². The Kier molecular flexibility index (Phi) is 5.13. The smallest absolute Gasteiger partial charge is 0.326 e. The summed E-state index contributed by atoms with van der Waals surface area (Å²) in [4.78, 5) is 27.8. The molecule has 9 heteroatoms. The summed E-state index contributed by atoms with van der Waals surface area (Å²) in [7, 11) is 0. The number of nitrogens with zero attached hydrogens (tertiary/aromatic N) is 2. The number of carboxylic acid groups (broad SMARTS) is 1. The van der Waals surface area contributed by atoms with Crippen LogP contribution in [0.25, 0.3) is 10.2 Å². The van der Waals surface area contributed by atoms with Crippen molar-refractivity contribution in [2.24, 2.45) is 4.99 Å². The second-order valence-corrected chi connectivity index (χ2v) is 6.63. The van der Waals surface area contributed by atoms with Gasteiger partial charge in [0.05, 0.1) is 10.2 Å². The van der Waals surface area contributed by atoms with Crippen molar-refractivity contribution in [3.05, 3.63) is 64.2 Å². The lowest BCUT2D eigenvalue weighted by atomic mass is 10.2. The van der Waals surface area contributed by atoms with Gasteiger partial charge in [0.25, 0.3) is 5.91 Å². The van der Waals surface area contributed by atoms with Crippen LogP contribution in [0.15, 0.2) is 41.4 Å². The number of halogens is 3. The van der Waals surface area contributed by atoms with Gasteiger partial charge in [-0.05, 0) is 42.8 Å². The lowest BCUT2D eigenvalue weighted by Gasteiger charge is -2.13. The summed E-state index contributed by atoms with van der Waals surface area (Å²) in [6.07, 6.45) is 0.137. The van der Waals surface area contributed by atoms with E-state index in [9.17, 15) is 27.9 Å². The fourth-order valence-corrected chi connectivity index (χ4v) is 3.73. The number of aliphatic carboxylic acids is 1. The average Bonchev–Trinajstić information content (AvgIpc) is 2.98. The standard InChI is InChI=1S/C18H13F3N2O3S/c1-2-12(17(25)26)23-13-8-7-11(20)14(21)15(13)27-18(23)22-16(24)9-3-5-10(19)6-4-9/h3-8,12H,2H2,1H3,(H,25,26). The van der Waals surface area contributed by atoms with Crippen LogP contribution < -0.4 is 4.80 Å². The first-order chi connectivity index (χ1) is 12.8. The number of carbonyl (C=O) groups is 2. The number of thiazole rings is 1. The number of hydrogen-bond donors (Lipinski definition) is 1. The third kappa shape index (κ3) is 3.50. The molecular weight excluding hydrogens is 381 g/mol. The predicted molar refractivity (Wildman–Crippen MR) is 93.0 cm³/mol. The zero-order valence-electron chi connectivity index (χ0n) is 13.9. The van der Waals surface area contributed by atoms with Gasteiger partial charge in [0.1, 0.15) is 11.9 Å². The molecule has 3 aromatic rings. The maximum Gasteiger partial charge on any atom is 0.326 e. The van der Waals surface area contributed by atoms with Gasteiger partial charge in [-0.3, -0.25) is 4.79 Å². The summed E-state index contributed by atoms with van der Waals surface area (Å²) in [6.45, 7) is 1.61. The first-order valence-corrected chi connectivity index (χ1v) is 8.71. The maximum absolute atomic E-state index is 14.2. The van der Waals surface area contributed by atoms with Crippen molar-refractivity contribution in [2.75, 3.05) is 0 Å². The van der Waals surface area contributed by atoms with Crippen molar-refractivity contribution in [1.29, 1.82) is 0 Å². The van der Waals surface area contributed by atoms with Gasteiger partial charge in [0.15, 0.2) is 16.4 Å². The minimum Gasteiger partial charge on any atom is -0.480 e. The number of aromatic nitrogens is 1. The number of carbonyl (C=O) groups excluding carboxylic acids is 1. The molecule has 3 rings (SSSR count). The van der Waals surface area contributed by atoms with E-state index in [4.69, 9.17) is 0 Å². The maximum atomic E-state index is 14.2. The topological polar surface area (TPSA) is 71.7 Å². The molecule has 0 fully saturated rings. The highest BCUT2D eigenvalue weighted by atomic mass is 32.1. The lowest BCUT2D eigenvalue weighted by Crippen LogP contribution is -2.27. The van der Waals surface area contributed by atoms with E-state index < -0.39 is 35.4 Å². The van der Waals surface area contributed by atoms with Gasteiger partial charge < -0.3 is 9.67 Å². The second kappa shape index (κ2) is 7.36. The second-order valence-electron chi connectivity index (χ2n) is 5.65. The highest BCUT2D eigenvalue weighted by Gasteiger charge is 2.24. The van der Waals surface area contributed by atoms with E-state index in [1.807, 2.05) is 0 Å². The van der Waals surface area contributed by atoms with Crippen molar-refractivity contribution in [1.82, 2.24) is 4.57 Å². The van der Waals surface area contributed by atoms with Crippen LogP contribution in [0.3, 0.4) is 0 Å². The first kappa shape index (κ1) is 18.8. The zero-order valence-corrected chi connectivity index (χ0v) is 14.8. The van der Waals surface area contributed by atoms with Gasteiger partial charge >= 0.3 is 5.97 Å². The fraction of sp³-hybridized carbons (Fsp3) is 0.167. The monoisotopic (exact) mass is 394 g/mol. The molecule has 1 aromatic heterocycles. The molecule has 27 heavy (non-hydrogen) atoms. The van der Waals surface area contributed by atoms with Crippen molar-refractivity contribution in [3.8, 4) is 0 Å². The van der Waals surface area contributed by atoms with Crippen LogP contribution in [0.4, 0.5) is 13.2 Å². The van der Waals surface area contributed by atoms with Gasteiger partial charge in [-0.2, -0.15) is 4.99 Å². The number of hydrogen-bond acceptors (Lipinski definition) is 3. The van der Waals surface area contributed by atoms with Crippen LogP contribution in [0.1, 0.15) is 29.7 Å². The highest BCUT2D eigenvalue weighted by molar-refractivity contribution is 7.16. The Balaban J connectivity index is 2.27. The summed E-state index contributed by atoms with van der Waals surface area (Å²) in [6, 6.07) is 5.65. The molecule has 5 nitrogen and oxygen atoms in total. The third-order valence-corrected chi connectivity index (χ3v) is 5.02. The molecule has 0 aliphatic rings. The van der Waals surface area contributed by atoms with Crippen LogP contribution in [0.5, 0.6) is 0 Å². The molecule has 0 spiro atoms. The Morgan fingerprint density at radius 1 is 1.15 bits per heavy atom. The van der Waals surface area contributed by atoms with Crippen molar-refractivity contribution in [3.63, 3.8) is 0 Å². The van der Waals surface area contributed by atoms with E-state index in [0.717, 1.165) is 18.2 Å². The van der Waals surface area contributed by atoms with Crippen molar-refractivity contribution in [2.45, 2.75) is 19.4 Å². The van der Waals surface area contributed by atoms with E-state index >= 15 is 0 Å². The van der Waals surface area contributed by atoms with Gasteiger partial charge in [-0.15, -0.1) is 0 Å². The minimum absolute atomic E-state index is 0.0791. The summed E-state index contributed by atoms with van der Waals surface area (Å²) in [5, 5.41) is 9.48. The molecule has 0 saturated carbocycles. The first-order valence-electron chi connectivity index (χ1n) is 7.90. The van der Waals surface area contributed by atoms with Crippen LogP contribution >= 0.6 is 11.3 Å². The Bertz CT molecular complexity index is 1100. The van der Waals surface area contributed by atoms with E-state index in [1.54, 1.807) is 6.92 Å². The highest BCUT2D eigenvalue weighted by Crippen LogP contribution is 2.26. The number of amides is 1. The normalized spacial score (nSPS) is 13.1. The Labute approximate surface area is 155 Å². The Hall–Kier alpha value is -2.94. The summed E-state index contributed by atoms with van der Waals surface area (Å²) >= 11 is 0.675. The molecule has 1 amide bonds.